The van der Waals surface area contributed by atoms with E-state index in [0.29, 0.717) is 5.41 Å². The van der Waals surface area contributed by atoms with Gasteiger partial charge in [-0.05, 0) is 5.41 Å². The van der Waals surface area contributed by atoms with Crippen molar-refractivity contribution in [2.75, 3.05) is 19.6 Å². The molecule has 0 atom stereocenters. The molecule has 0 bridgehead atoms. The predicted molar refractivity (Wildman–Crippen MR) is 43.7 cm³/mol. The summed E-state index contributed by atoms with van der Waals surface area (Å²) in [6, 6.07) is 0. The van der Waals surface area contributed by atoms with Crippen LogP contribution >= 0.6 is 0 Å². The Bertz CT molecular complexity index is 145. The van der Waals surface area contributed by atoms with Crippen molar-refractivity contribution >= 4 is 0 Å². The second-order valence-electron chi connectivity index (χ2n) is 3.83. The molecule has 0 aromatic heterocycles. The quantitative estimate of drug-likeness (QED) is 0.519. The van der Waals surface area contributed by atoms with Gasteiger partial charge in [-0.1, -0.05) is 13.8 Å². The van der Waals surface area contributed by atoms with Crippen LogP contribution in [0.4, 0.5) is 0 Å². The molecule has 10 heavy (non-hydrogen) atoms. The van der Waals surface area contributed by atoms with E-state index in [1.807, 2.05) is 0 Å². The second kappa shape index (κ2) is 2.64. The summed E-state index contributed by atoms with van der Waals surface area (Å²) in [4.78, 5) is 2.40. The summed E-state index contributed by atoms with van der Waals surface area (Å²) in [5.41, 5.74) is 0.550. The Balaban J connectivity index is 2.10. The minimum Gasteiger partial charge on any atom is -0.301 e. The first-order valence-electron chi connectivity index (χ1n) is 3.80. The normalized spacial score (nSPS) is 23.3. The molecule has 1 fully saturated rings. The molecule has 0 aromatic rings. The van der Waals surface area contributed by atoms with Crippen molar-refractivity contribution in [2.45, 2.75) is 20.3 Å². The Hall–Kier alpha value is -0.480. The zero-order valence-electron chi connectivity index (χ0n) is 6.85. The Morgan fingerprint density at radius 3 is 2.50 bits per heavy atom. The van der Waals surface area contributed by atoms with Gasteiger partial charge in [-0.15, -0.1) is 12.3 Å². The van der Waals surface area contributed by atoms with E-state index in [-0.39, 0.29) is 0 Å². The topological polar surface area (TPSA) is 3.24 Å². The lowest BCUT2D eigenvalue weighted by molar-refractivity contribution is 0.0335. The Labute approximate surface area is 63.4 Å². The van der Waals surface area contributed by atoms with Gasteiger partial charge in [-0.3, -0.25) is 0 Å². The average molecular weight is 137 g/mol. The van der Waals surface area contributed by atoms with Crippen LogP contribution in [0, 0.1) is 17.8 Å². The molecule has 1 heteroatoms. The van der Waals surface area contributed by atoms with Crippen LogP contribution in [0.3, 0.4) is 0 Å². The molecule has 0 spiro atoms. The fourth-order valence-corrected chi connectivity index (χ4v) is 1.55. The maximum absolute atomic E-state index is 5.15. The highest BCUT2D eigenvalue weighted by Gasteiger charge is 2.32. The minimum absolute atomic E-state index is 0.550. The molecule has 56 valence electrons. The van der Waals surface area contributed by atoms with Crippen molar-refractivity contribution in [3.63, 3.8) is 0 Å². The number of hydrogen-bond acceptors (Lipinski definition) is 1. The first kappa shape index (κ1) is 7.63. The fraction of sp³-hybridized carbons (Fsp3) is 0.778. The molecule has 0 saturated carbocycles. The largest absolute Gasteiger partial charge is 0.301 e. The monoisotopic (exact) mass is 137 g/mol. The van der Waals surface area contributed by atoms with Crippen molar-refractivity contribution in [3.05, 3.63) is 0 Å². The molecular weight excluding hydrogens is 122 g/mol. The van der Waals surface area contributed by atoms with Gasteiger partial charge >= 0.3 is 0 Å². The number of hydrogen-bond donors (Lipinski definition) is 0. The van der Waals surface area contributed by atoms with E-state index < -0.39 is 0 Å². The van der Waals surface area contributed by atoms with E-state index in [9.17, 15) is 0 Å². The van der Waals surface area contributed by atoms with Crippen molar-refractivity contribution in [1.29, 1.82) is 0 Å². The Morgan fingerprint density at radius 2 is 2.10 bits per heavy atom. The number of likely N-dealkylation sites (tertiary alicyclic amines) is 1. The lowest BCUT2D eigenvalue weighted by Crippen LogP contribution is -2.52. The van der Waals surface area contributed by atoms with E-state index in [1.54, 1.807) is 0 Å². The van der Waals surface area contributed by atoms with Crippen LogP contribution in [-0.4, -0.2) is 24.5 Å². The van der Waals surface area contributed by atoms with Crippen molar-refractivity contribution in [1.82, 2.24) is 4.90 Å². The smallest absolute Gasteiger partial charge is 0.0214 e. The number of nitrogens with zero attached hydrogens (tertiary/aromatic N) is 1. The summed E-state index contributed by atoms with van der Waals surface area (Å²) in [5.74, 6) is 2.65. The van der Waals surface area contributed by atoms with E-state index in [1.165, 1.54) is 13.1 Å². The third-order valence-corrected chi connectivity index (χ3v) is 1.88. The lowest BCUT2D eigenvalue weighted by Gasteiger charge is -2.45. The molecule has 0 amide bonds. The standard InChI is InChI=1S/C9H15N/c1-4-5-6-10-7-9(2,3)8-10/h1H,5-8H2,2-3H3. The highest BCUT2D eigenvalue weighted by molar-refractivity contribution is 4.91. The number of terminal acetylenes is 1. The van der Waals surface area contributed by atoms with Crippen LogP contribution in [0.1, 0.15) is 20.3 Å². The molecule has 1 nitrogen and oxygen atoms in total. The summed E-state index contributed by atoms with van der Waals surface area (Å²) < 4.78 is 0. The lowest BCUT2D eigenvalue weighted by atomic mass is 9.84. The zero-order chi connectivity index (χ0) is 7.61. The van der Waals surface area contributed by atoms with Crippen LogP contribution in [0.5, 0.6) is 0 Å². The van der Waals surface area contributed by atoms with Crippen LogP contribution in [0.15, 0.2) is 0 Å². The maximum atomic E-state index is 5.15. The zero-order valence-corrected chi connectivity index (χ0v) is 6.85. The van der Waals surface area contributed by atoms with Gasteiger partial charge in [-0.25, -0.2) is 0 Å². The van der Waals surface area contributed by atoms with Gasteiger partial charge in [0, 0.05) is 26.1 Å². The summed E-state index contributed by atoms with van der Waals surface area (Å²) in [6.45, 7) is 8.10. The van der Waals surface area contributed by atoms with Gasteiger partial charge in [-0.2, -0.15) is 0 Å². The molecule has 0 unspecified atom stereocenters. The second-order valence-corrected chi connectivity index (χ2v) is 3.83. The minimum atomic E-state index is 0.550. The Morgan fingerprint density at radius 1 is 1.50 bits per heavy atom. The van der Waals surface area contributed by atoms with E-state index in [4.69, 9.17) is 6.42 Å². The van der Waals surface area contributed by atoms with Crippen LogP contribution in [0.2, 0.25) is 0 Å². The molecule has 1 saturated heterocycles. The molecule has 0 N–H and O–H groups in total. The highest BCUT2D eigenvalue weighted by Crippen LogP contribution is 2.28. The van der Waals surface area contributed by atoms with Gasteiger partial charge in [0.25, 0.3) is 0 Å². The summed E-state index contributed by atoms with van der Waals surface area (Å²) >= 11 is 0. The molecular formula is C9H15N. The molecule has 1 rings (SSSR count). The Kier molecular flexibility index (Phi) is 2.01. The van der Waals surface area contributed by atoms with Crippen LogP contribution in [0.25, 0.3) is 0 Å². The van der Waals surface area contributed by atoms with Gasteiger partial charge in [0.2, 0.25) is 0 Å². The van der Waals surface area contributed by atoms with Crippen LogP contribution in [-0.2, 0) is 0 Å². The van der Waals surface area contributed by atoms with Gasteiger partial charge < -0.3 is 4.90 Å². The van der Waals surface area contributed by atoms with Gasteiger partial charge in [0.15, 0.2) is 0 Å². The molecule has 1 heterocycles. The first-order valence-corrected chi connectivity index (χ1v) is 3.80. The SMILES string of the molecule is C#CCCN1CC(C)(C)C1. The predicted octanol–water partition coefficient (Wildman–Crippen LogP) is 1.35. The third kappa shape index (κ3) is 1.75. The molecule has 1 aliphatic heterocycles. The van der Waals surface area contributed by atoms with E-state index in [2.05, 4.69) is 24.7 Å². The molecule has 0 aromatic carbocycles. The number of rotatable bonds is 2. The molecule has 0 aliphatic carbocycles. The van der Waals surface area contributed by atoms with Crippen LogP contribution < -0.4 is 0 Å². The van der Waals surface area contributed by atoms with E-state index in [0.717, 1.165) is 13.0 Å². The van der Waals surface area contributed by atoms with Crippen molar-refractivity contribution in [2.24, 2.45) is 5.41 Å². The molecule has 1 aliphatic rings. The average Bonchev–Trinajstić information content (AvgIpc) is 1.78. The first-order chi connectivity index (χ1) is 4.64. The highest BCUT2D eigenvalue weighted by atomic mass is 15.2. The van der Waals surface area contributed by atoms with E-state index >= 15 is 0 Å². The third-order valence-electron chi connectivity index (χ3n) is 1.88. The van der Waals surface area contributed by atoms with Crippen molar-refractivity contribution < 1.29 is 0 Å². The van der Waals surface area contributed by atoms with Gasteiger partial charge in [0.1, 0.15) is 0 Å². The maximum Gasteiger partial charge on any atom is 0.0214 e. The summed E-state index contributed by atoms with van der Waals surface area (Å²) in [7, 11) is 0. The summed E-state index contributed by atoms with van der Waals surface area (Å²) in [6.07, 6.45) is 6.05. The van der Waals surface area contributed by atoms with Crippen molar-refractivity contribution in [3.8, 4) is 12.3 Å². The summed E-state index contributed by atoms with van der Waals surface area (Å²) in [5, 5.41) is 0. The van der Waals surface area contributed by atoms with Gasteiger partial charge in [0.05, 0.1) is 0 Å². The fourth-order valence-electron chi connectivity index (χ4n) is 1.55. The molecule has 0 radical (unpaired) electrons.